The van der Waals surface area contributed by atoms with Crippen molar-refractivity contribution in [3.63, 3.8) is 0 Å². The average molecular weight is 447 g/mol. The second kappa shape index (κ2) is 9.24. The van der Waals surface area contributed by atoms with E-state index in [1.54, 1.807) is 11.0 Å². The molecule has 2 N–H and O–H groups in total. The number of amides is 1. The zero-order valence-corrected chi connectivity index (χ0v) is 18.0. The summed E-state index contributed by atoms with van der Waals surface area (Å²) in [6, 6.07) is 12.3. The minimum Gasteiger partial charge on any atom is -0.389 e. The van der Waals surface area contributed by atoms with Crippen LogP contribution >= 0.6 is 0 Å². The van der Waals surface area contributed by atoms with Gasteiger partial charge in [0.15, 0.2) is 0 Å². The Bertz CT molecular complexity index is 954. The lowest BCUT2D eigenvalue weighted by Gasteiger charge is -2.38. The molecule has 7 heteroatoms. The van der Waals surface area contributed by atoms with Crippen LogP contribution in [0.1, 0.15) is 60.4 Å². The number of rotatable bonds is 5. The van der Waals surface area contributed by atoms with Gasteiger partial charge in [0.1, 0.15) is 0 Å². The summed E-state index contributed by atoms with van der Waals surface area (Å²) in [4.78, 5) is 14.8. The fourth-order valence-electron chi connectivity index (χ4n) is 4.97. The highest BCUT2D eigenvalue weighted by Gasteiger charge is 2.35. The number of fused-ring (bicyclic) bond motifs is 1. The lowest BCUT2D eigenvalue weighted by Crippen LogP contribution is -2.48. The SMILES string of the molecule is O=C(CNCC1(O)CCCCC1)N1CCc2ccccc2C1c1cccc(C(F)(F)F)c1. The first-order valence-electron chi connectivity index (χ1n) is 11.2. The summed E-state index contributed by atoms with van der Waals surface area (Å²) in [5.41, 5.74) is 0.850. The van der Waals surface area contributed by atoms with E-state index in [0.717, 1.165) is 55.4 Å². The van der Waals surface area contributed by atoms with Crippen LogP contribution in [0.5, 0.6) is 0 Å². The van der Waals surface area contributed by atoms with Crippen LogP contribution in [0.4, 0.5) is 13.2 Å². The third-order valence-electron chi connectivity index (χ3n) is 6.65. The van der Waals surface area contributed by atoms with Gasteiger partial charge in [0.25, 0.3) is 0 Å². The first-order chi connectivity index (χ1) is 15.3. The van der Waals surface area contributed by atoms with Crippen LogP contribution in [-0.2, 0) is 17.4 Å². The standard InChI is InChI=1S/C25H29F3N2O2/c26-25(27,28)20-9-6-8-19(15-20)23-21-10-3-2-7-18(21)11-14-30(23)22(31)16-29-17-24(32)12-4-1-5-13-24/h2-3,6-10,15,23,29,32H,1,4-5,11-14,16-17H2. The molecule has 1 fully saturated rings. The van der Waals surface area contributed by atoms with Crippen LogP contribution in [0.25, 0.3) is 0 Å². The molecule has 0 saturated heterocycles. The predicted octanol–water partition coefficient (Wildman–Crippen LogP) is 4.46. The highest BCUT2D eigenvalue weighted by Crippen LogP contribution is 2.38. The van der Waals surface area contributed by atoms with Crippen molar-refractivity contribution in [3.05, 3.63) is 70.8 Å². The molecular formula is C25H29F3N2O2. The number of carbonyl (C=O) groups excluding carboxylic acids is 1. The van der Waals surface area contributed by atoms with Crippen LogP contribution < -0.4 is 5.32 Å². The van der Waals surface area contributed by atoms with Gasteiger partial charge in [-0.25, -0.2) is 0 Å². The van der Waals surface area contributed by atoms with Gasteiger partial charge in [0.05, 0.1) is 23.8 Å². The maximum atomic E-state index is 13.4. The maximum absolute atomic E-state index is 13.4. The molecule has 2 aromatic rings. The maximum Gasteiger partial charge on any atom is 0.416 e. The Labute approximate surface area is 186 Å². The summed E-state index contributed by atoms with van der Waals surface area (Å²) in [5, 5.41) is 13.8. The van der Waals surface area contributed by atoms with Crippen LogP contribution in [0.3, 0.4) is 0 Å². The Morgan fingerprint density at radius 2 is 1.84 bits per heavy atom. The minimum absolute atomic E-state index is 0.0416. The number of hydrogen-bond acceptors (Lipinski definition) is 3. The smallest absolute Gasteiger partial charge is 0.389 e. The Kier molecular flexibility index (Phi) is 6.58. The van der Waals surface area contributed by atoms with Crippen molar-refractivity contribution in [1.82, 2.24) is 10.2 Å². The van der Waals surface area contributed by atoms with E-state index >= 15 is 0 Å². The molecule has 1 atom stereocenters. The highest BCUT2D eigenvalue weighted by molar-refractivity contribution is 5.79. The zero-order chi connectivity index (χ0) is 22.8. The van der Waals surface area contributed by atoms with Crippen LogP contribution in [0, 0.1) is 0 Å². The predicted molar refractivity (Wildman–Crippen MR) is 116 cm³/mol. The monoisotopic (exact) mass is 446 g/mol. The van der Waals surface area contributed by atoms with Gasteiger partial charge >= 0.3 is 6.18 Å². The zero-order valence-electron chi connectivity index (χ0n) is 18.0. The molecule has 1 aliphatic carbocycles. The lowest BCUT2D eigenvalue weighted by atomic mass is 9.85. The number of nitrogens with one attached hydrogen (secondary N) is 1. The van der Waals surface area contributed by atoms with E-state index in [1.165, 1.54) is 6.07 Å². The van der Waals surface area contributed by atoms with Gasteiger partial charge in [0, 0.05) is 13.1 Å². The summed E-state index contributed by atoms with van der Waals surface area (Å²) in [7, 11) is 0. The highest BCUT2D eigenvalue weighted by atomic mass is 19.4. The number of nitrogens with zero attached hydrogens (tertiary/aromatic N) is 1. The Balaban J connectivity index is 1.56. The second-order valence-corrected chi connectivity index (χ2v) is 8.95. The largest absolute Gasteiger partial charge is 0.416 e. The second-order valence-electron chi connectivity index (χ2n) is 8.95. The van der Waals surface area contributed by atoms with Crippen LogP contribution in [-0.4, -0.2) is 41.1 Å². The molecule has 0 spiro atoms. The summed E-state index contributed by atoms with van der Waals surface area (Å²) in [5.74, 6) is -0.179. The molecule has 0 bridgehead atoms. The van der Waals surface area contributed by atoms with E-state index < -0.39 is 23.4 Å². The molecule has 32 heavy (non-hydrogen) atoms. The molecule has 0 radical (unpaired) electrons. The van der Waals surface area contributed by atoms with E-state index in [1.807, 2.05) is 24.3 Å². The molecule has 2 aromatic carbocycles. The molecule has 172 valence electrons. The van der Waals surface area contributed by atoms with Gasteiger partial charge in [-0.2, -0.15) is 13.2 Å². The van der Waals surface area contributed by atoms with Crippen molar-refractivity contribution >= 4 is 5.91 Å². The Morgan fingerprint density at radius 3 is 2.59 bits per heavy atom. The van der Waals surface area contributed by atoms with Crippen molar-refractivity contribution in [1.29, 1.82) is 0 Å². The average Bonchev–Trinajstić information content (AvgIpc) is 2.78. The molecule has 4 rings (SSSR count). The third kappa shape index (κ3) is 4.99. The first kappa shape index (κ1) is 22.8. The van der Waals surface area contributed by atoms with E-state index in [4.69, 9.17) is 0 Å². The van der Waals surface area contributed by atoms with Crippen molar-refractivity contribution in [3.8, 4) is 0 Å². The van der Waals surface area contributed by atoms with Gasteiger partial charge in [-0.1, -0.05) is 55.7 Å². The lowest BCUT2D eigenvalue weighted by molar-refractivity contribution is -0.137. The third-order valence-corrected chi connectivity index (χ3v) is 6.65. The van der Waals surface area contributed by atoms with Crippen molar-refractivity contribution in [2.24, 2.45) is 0 Å². The number of aliphatic hydroxyl groups is 1. The molecule has 2 aliphatic rings. The quantitative estimate of drug-likeness (QED) is 0.713. The first-order valence-corrected chi connectivity index (χ1v) is 11.2. The summed E-state index contributed by atoms with van der Waals surface area (Å²) >= 11 is 0. The number of carbonyl (C=O) groups is 1. The fourth-order valence-corrected chi connectivity index (χ4v) is 4.97. The number of alkyl halides is 3. The topological polar surface area (TPSA) is 52.6 Å². The Hall–Kier alpha value is -2.38. The number of halogens is 3. The molecule has 1 heterocycles. The fraction of sp³-hybridized carbons (Fsp3) is 0.480. The summed E-state index contributed by atoms with van der Waals surface area (Å²) < 4.78 is 40.1. The van der Waals surface area contributed by atoms with Gasteiger partial charge in [-0.15, -0.1) is 0 Å². The minimum atomic E-state index is -4.45. The molecule has 1 saturated carbocycles. The van der Waals surface area contributed by atoms with Crippen molar-refractivity contribution in [2.45, 2.75) is 56.3 Å². The van der Waals surface area contributed by atoms with Gasteiger partial charge in [-0.05, 0) is 48.1 Å². The van der Waals surface area contributed by atoms with Crippen molar-refractivity contribution < 1.29 is 23.1 Å². The molecular weight excluding hydrogens is 417 g/mol. The molecule has 1 amide bonds. The van der Waals surface area contributed by atoms with Gasteiger partial charge in [0.2, 0.25) is 5.91 Å². The molecule has 0 aromatic heterocycles. The normalized spacial score (nSPS) is 20.6. The van der Waals surface area contributed by atoms with Crippen LogP contribution in [0.2, 0.25) is 0 Å². The summed E-state index contributed by atoms with van der Waals surface area (Å²) in [6.07, 6.45) is 0.722. The molecule has 4 nitrogen and oxygen atoms in total. The van der Waals surface area contributed by atoms with E-state index in [-0.39, 0.29) is 12.5 Å². The van der Waals surface area contributed by atoms with E-state index in [2.05, 4.69) is 5.32 Å². The Morgan fingerprint density at radius 1 is 1.09 bits per heavy atom. The van der Waals surface area contributed by atoms with E-state index in [0.29, 0.717) is 25.1 Å². The van der Waals surface area contributed by atoms with E-state index in [9.17, 15) is 23.1 Å². The molecule has 1 aliphatic heterocycles. The van der Waals surface area contributed by atoms with Gasteiger partial charge in [-0.3, -0.25) is 4.79 Å². The van der Waals surface area contributed by atoms with Crippen LogP contribution in [0.15, 0.2) is 48.5 Å². The van der Waals surface area contributed by atoms with Crippen molar-refractivity contribution in [2.75, 3.05) is 19.6 Å². The molecule has 1 unspecified atom stereocenters. The number of benzene rings is 2. The number of hydrogen-bond donors (Lipinski definition) is 2. The van der Waals surface area contributed by atoms with Gasteiger partial charge < -0.3 is 15.3 Å². The summed E-state index contributed by atoms with van der Waals surface area (Å²) in [6.45, 7) is 0.819.